The quantitative estimate of drug-likeness (QED) is 0.220. The molecule has 0 aromatic carbocycles. The minimum atomic E-state index is -0.915. The molecule has 0 aromatic rings. The fourth-order valence-electron chi connectivity index (χ4n) is 0.493. The molecule has 0 bridgehead atoms. The minimum absolute atomic E-state index is 0.0186. The largest absolute Gasteiger partial charge is 0.394 e. The Hall–Kier alpha value is -0.690. The van der Waals surface area contributed by atoms with E-state index in [1.54, 1.807) is 0 Å². The number of ether oxygens (including phenoxy) is 1. The van der Waals surface area contributed by atoms with Gasteiger partial charge in [-0.25, -0.2) is 5.48 Å². The molecule has 4 N–H and O–H groups in total. The van der Waals surface area contributed by atoms with Crippen LogP contribution in [0.1, 0.15) is 6.42 Å². The van der Waals surface area contributed by atoms with Gasteiger partial charge in [-0.2, -0.15) is 0 Å². The monoisotopic (exact) mass is 179 g/mol. The van der Waals surface area contributed by atoms with Gasteiger partial charge in [-0.1, -0.05) is 0 Å². The van der Waals surface area contributed by atoms with Gasteiger partial charge in [0.15, 0.2) is 0 Å². The molecule has 0 rings (SSSR count). The fraction of sp³-hybridized carbons (Fsp3) is 0.833. The zero-order valence-corrected chi connectivity index (χ0v) is 6.56. The third-order valence-corrected chi connectivity index (χ3v) is 1.12. The molecule has 12 heavy (non-hydrogen) atoms. The highest BCUT2D eigenvalue weighted by Crippen LogP contribution is 1.86. The number of hydrogen-bond donors (Lipinski definition) is 4. The molecule has 0 heterocycles. The first-order valence-electron chi connectivity index (χ1n) is 3.50. The second kappa shape index (κ2) is 6.99. The van der Waals surface area contributed by atoms with Crippen molar-refractivity contribution < 1.29 is 25.0 Å². The predicted molar refractivity (Wildman–Crippen MR) is 38.5 cm³/mol. The first kappa shape index (κ1) is 11.3. The Kier molecular flexibility index (Phi) is 6.58. The summed E-state index contributed by atoms with van der Waals surface area (Å²) in [4.78, 5) is 10.4. The molecule has 0 aromatic heterocycles. The van der Waals surface area contributed by atoms with E-state index in [9.17, 15) is 4.79 Å². The van der Waals surface area contributed by atoms with Crippen LogP contribution in [0.2, 0.25) is 0 Å². The number of hydrogen-bond acceptors (Lipinski definition) is 5. The average molecular weight is 179 g/mol. The Balaban J connectivity index is 3.15. The van der Waals surface area contributed by atoms with Gasteiger partial charge in [-0.15, -0.1) is 0 Å². The second-order valence-electron chi connectivity index (χ2n) is 2.20. The Bertz CT molecular complexity index is 129. The number of carbonyl (C=O) groups is 1. The summed E-state index contributed by atoms with van der Waals surface area (Å²) in [6.45, 7) is -0.287. The normalized spacial score (nSPS) is 12.6. The molecule has 1 amide bonds. The first-order chi connectivity index (χ1) is 5.70. The van der Waals surface area contributed by atoms with Crippen LogP contribution >= 0.6 is 0 Å². The lowest BCUT2D eigenvalue weighted by Gasteiger charge is -2.06. The van der Waals surface area contributed by atoms with E-state index in [-0.39, 0.29) is 26.2 Å². The van der Waals surface area contributed by atoms with Gasteiger partial charge in [0.25, 0.3) is 0 Å². The molecule has 6 heteroatoms. The summed E-state index contributed by atoms with van der Waals surface area (Å²) >= 11 is 0. The van der Waals surface area contributed by atoms with Crippen molar-refractivity contribution in [1.29, 1.82) is 0 Å². The Morgan fingerprint density at radius 1 is 1.58 bits per heavy atom. The van der Waals surface area contributed by atoms with Crippen LogP contribution in [0.5, 0.6) is 0 Å². The topological polar surface area (TPSA) is 99.0 Å². The van der Waals surface area contributed by atoms with Crippen LogP contribution in [-0.4, -0.2) is 47.3 Å². The van der Waals surface area contributed by atoms with Crippen molar-refractivity contribution in [3.63, 3.8) is 0 Å². The van der Waals surface area contributed by atoms with Crippen molar-refractivity contribution in [1.82, 2.24) is 5.48 Å². The van der Waals surface area contributed by atoms with E-state index in [2.05, 4.69) is 0 Å². The van der Waals surface area contributed by atoms with Crippen LogP contribution in [0.15, 0.2) is 0 Å². The summed E-state index contributed by atoms with van der Waals surface area (Å²) in [5.41, 5.74) is 1.44. The lowest BCUT2D eigenvalue weighted by Crippen LogP contribution is -2.23. The molecular formula is C6H13NO5. The average Bonchev–Trinajstić information content (AvgIpc) is 2.11. The highest BCUT2D eigenvalue weighted by molar-refractivity contribution is 5.74. The van der Waals surface area contributed by atoms with Crippen LogP contribution in [0.4, 0.5) is 0 Å². The van der Waals surface area contributed by atoms with E-state index in [1.807, 2.05) is 0 Å². The smallest absolute Gasteiger partial charge is 0.245 e. The Labute approximate surface area is 69.7 Å². The maximum Gasteiger partial charge on any atom is 0.245 e. The second-order valence-corrected chi connectivity index (χ2v) is 2.20. The third-order valence-electron chi connectivity index (χ3n) is 1.12. The Morgan fingerprint density at radius 2 is 2.25 bits per heavy atom. The molecule has 0 spiro atoms. The lowest BCUT2D eigenvalue weighted by molar-refractivity contribution is -0.130. The van der Waals surface area contributed by atoms with Crippen molar-refractivity contribution in [2.75, 3.05) is 19.8 Å². The maximum absolute atomic E-state index is 10.4. The molecule has 0 radical (unpaired) electrons. The number of hydroxylamine groups is 1. The Morgan fingerprint density at radius 3 is 2.75 bits per heavy atom. The van der Waals surface area contributed by atoms with Gasteiger partial charge >= 0.3 is 0 Å². The highest BCUT2D eigenvalue weighted by atomic mass is 16.5. The van der Waals surface area contributed by atoms with Gasteiger partial charge in [0.2, 0.25) is 5.91 Å². The van der Waals surface area contributed by atoms with Crippen LogP contribution in [0, 0.1) is 0 Å². The molecular weight excluding hydrogens is 166 g/mol. The van der Waals surface area contributed by atoms with Gasteiger partial charge in [0, 0.05) is 0 Å². The van der Waals surface area contributed by atoms with Gasteiger partial charge < -0.3 is 14.9 Å². The van der Waals surface area contributed by atoms with Crippen molar-refractivity contribution in [3.8, 4) is 0 Å². The number of aliphatic hydroxyl groups excluding tert-OH is 2. The number of amides is 1. The number of rotatable bonds is 6. The molecule has 0 aliphatic heterocycles. The third kappa shape index (κ3) is 6.05. The van der Waals surface area contributed by atoms with Crippen LogP contribution in [-0.2, 0) is 9.53 Å². The van der Waals surface area contributed by atoms with Crippen LogP contribution in [0.25, 0.3) is 0 Å². The molecule has 0 saturated heterocycles. The zero-order chi connectivity index (χ0) is 9.40. The summed E-state index contributed by atoms with van der Waals surface area (Å²) in [5, 5.41) is 25.1. The van der Waals surface area contributed by atoms with Crippen molar-refractivity contribution >= 4 is 5.91 Å². The minimum Gasteiger partial charge on any atom is -0.394 e. The molecule has 72 valence electrons. The summed E-state index contributed by atoms with van der Waals surface area (Å²) in [6, 6.07) is 0. The highest BCUT2D eigenvalue weighted by Gasteiger charge is 2.02. The van der Waals surface area contributed by atoms with Crippen LogP contribution in [0.3, 0.4) is 0 Å². The molecule has 0 aliphatic carbocycles. The van der Waals surface area contributed by atoms with E-state index in [0.717, 1.165) is 0 Å². The fourth-order valence-corrected chi connectivity index (χ4v) is 0.493. The zero-order valence-electron chi connectivity index (χ0n) is 6.56. The number of carbonyl (C=O) groups excluding carboxylic acids is 1. The molecule has 1 unspecified atom stereocenters. The molecule has 0 aliphatic rings. The molecule has 0 saturated carbocycles. The molecule has 1 atom stereocenters. The van der Waals surface area contributed by atoms with Crippen molar-refractivity contribution in [2.45, 2.75) is 12.5 Å². The molecule has 0 fully saturated rings. The number of aliphatic hydroxyl groups is 2. The van der Waals surface area contributed by atoms with Crippen molar-refractivity contribution in [3.05, 3.63) is 0 Å². The summed E-state index contributed by atoms with van der Waals surface area (Å²) in [5.74, 6) is -0.548. The van der Waals surface area contributed by atoms with E-state index >= 15 is 0 Å². The van der Waals surface area contributed by atoms with E-state index in [1.165, 1.54) is 5.48 Å². The van der Waals surface area contributed by atoms with Gasteiger partial charge in [-0.3, -0.25) is 10.0 Å². The summed E-state index contributed by atoms with van der Waals surface area (Å²) in [6.07, 6.45) is -0.892. The van der Waals surface area contributed by atoms with E-state index in [0.29, 0.717) is 0 Å². The lowest BCUT2D eigenvalue weighted by atomic mass is 10.4. The maximum atomic E-state index is 10.4. The summed E-state index contributed by atoms with van der Waals surface area (Å²) < 4.78 is 4.78. The van der Waals surface area contributed by atoms with Gasteiger partial charge in [-0.05, 0) is 0 Å². The predicted octanol–water partition coefficient (Wildman–Crippen LogP) is -1.75. The molecule has 6 nitrogen and oxygen atoms in total. The standard InChI is InChI=1S/C6H13NO5/c8-3-5(9)4-12-2-1-6(10)7-11/h5,8-9,11H,1-4H2,(H,7,10). The SMILES string of the molecule is O=C(CCOCC(O)CO)NO. The van der Waals surface area contributed by atoms with Crippen LogP contribution < -0.4 is 5.48 Å². The van der Waals surface area contributed by atoms with Crippen molar-refractivity contribution in [2.24, 2.45) is 0 Å². The summed E-state index contributed by atoms with van der Waals surface area (Å²) in [7, 11) is 0. The van der Waals surface area contributed by atoms with Gasteiger partial charge in [0.05, 0.1) is 26.2 Å². The van der Waals surface area contributed by atoms with Gasteiger partial charge in [0.1, 0.15) is 6.10 Å². The van der Waals surface area contributed by atoms with E-state index in [4.69, 9.17) is 20.2 Å². The van der Waals surface area contributed by atoms with E-state index < -0.39 is 12.0 Å². The first-order valence-corrected chi connectivity index (χ1v) is 3.50. The number of nitrogens with one attached hydrogen (secondary N) is 1.